The third kappa shape index (κ3) is 3.59. The molecule has 0 aliphatic heterocycles. The number of nitrogens with one attached hydrogen (secondary N) is 1. The van der Waals surface area contributed by atoms with E-state index >= 15 is 0 Å². The van der Waals surface area contributed by atoms with Crippen LogP contribution in [0, 0.1) is 4.91 Å². The van der Waals surface area contributed by atoms with Gasteiger partial charge >= 0.3 is 6.18 Å². The highest BCUT2D eigenvalue weighted by atomic mass is 19.4. The largest absolute Gasteiger partial charge is 0.416 e. The zero-order chi connectivity index (χ0) is 15.5. The van der Waals surface area contributed by atoms with Crippen molar-refractivity contribution in [2.45, 2.75) is 19.1 Å². The van der Waals surface area contributed by atoms with Crippen molar-refractivity contribution in [3.05, 3.63) is 64.6 Å². The summed E-state index contributed by atoms with van der Waals surface area (Å²) >= 11 is 0. The minimum absolute atomic E-state index is 0.508. The van der Waals surface area contributed by atoms with Crippen LogP contribution in [-0.4, -0.2) is 0 Å². The fourth-order valence-electron chi connectivity index (χ4n) is 1.93. The van der Waals surface area contributed by atoms with Gasteiger partial charge in [0.25, 0.3) is 0 Å². The summed E-state index contributed by atoms with van der Waals surface area (Å²) in [6, 6.07) is 11.2. The molecule has 1 N–H and O–H groups in total. The maximum atomic E-state index is 12.5. The van der Waals surface area contributed by atoms with E-state index in [1.165, 1.54) is 12.1 Å². The van der Waals surface area contributed by atoms with Crippen LogP contribution in [0.25, 0.3) is 0 Å². The highest BCUT2D eigenvalue weighted by molar-refractivity contribution is 5.64. The number of anilines is 2. The summed E-state index contributed by atoms with van der Waals surface area (Å²) in [4.78, 5) is 10.7. The lowest BCUT2D eigenvalue weighted by Crippen LogP contribution is -2.04. The standard InChI is InChI=1S/C15H13F3N2O/c1-10(20-21)13-4-2-3-5-14(13)19-12-8-6-11(7-9-12)15(16,17)18/h2-10,19H,1H3. The number of hydrogen-bond donors (Lipinski definition) is 1. The molecule has 0 radical (unpaired) electrons. The van der Waals surface area contributed by atoms with E-state index < -0.39 is 17.8 Å². The SMILES string of the molecule is CC(N=O)c1ccccc1Nc1ccc(C(F)(F)F)cc1. The van der Waals surface area contributed by atoms with Crippen molar-refractivity contribution in [1.82, 2.24) is 0 Å². The first-order valence-corrected chi connectivity index (χ1v) is 6.27. The van der Waals surface area contributed by atoms with Gasteiger partial charge in [0.1, 0.15) is 6.04 Å². The summed E-state index contributed by atoms with van der Waals surface area (Å²) in [5, 5.41) is 5.97. The fraction of sp³-hybridized carbons (Fsp3) is 0.200. The Labute approximate surface area is 119 Å². The molecule has 1 unspecified atom stereocenters. The van der Waals surface area contributed by atoms with E-state index in [1.54, 1.807) is 31.2 Å². The van der Waals surface area contributed by atoms with Gasteiger partial charge in [-0.3, -0.25) is 0 Å². The second-order valence-electron chi connectivity index (χ2n) is 4.57. The van der Waals surface area contributed by atoms with E-state index in [2.05, 4.69) is 10.5 Å². The highest BCUT2D eigenvalue weighted by Gasteiger charge is 2.29. The molecule has 0 spiro atoms. The number of alkyl halides is 3. The first-order valence-electron chi connectivity index (χ1n) is 6.27. The Morgan fingerprint density at radius 1 is 1.05 bits per heavy atom. The molecule has 0 saturated heterocycles. The monoisotopic (exact) mass is 294 g/mol. The molecule has 110 valence electrons. The van der Waals surface area contributed by atoms with E-state index in [4.69, 9.17) is 0 Å². The van der Waals surface area contributed by atoms with Crippen LogP contribution in [0.4, 0.5) is 24.5 Å². The predicted octanol–water partition coefficient (Wildman–Crippen LogP) is 5.28. The summed E-state index contributed by atoms with van der Waals surface area (Å²) in [6.45, 7) is 1.65. The van der Waals surface area contributed by atoms with Crippen molar-refractivity contribution in [1.29, 1.82) is 0 Å². The van der Waals surface area contributed by atoms with Gasteiger partial charge in [-0.05, 0) is 37.3 Å². The molecule has 0 aromatic heterocycles. The van der Waals surface area contributed by atoms with Crippen LogP contribution in [-0.2, 0) is 6.18 Å². The molecule has 0 amide bonds. The van der Waals surface area contributed by atoms with E-state index in [1.807, 2.05) is 0 Å². The van der Waals surface area contributed by atoms with E-state index in [9.17, 15) is 18.1 Å². The number of hydrogen-bond acceptors (Lipinski definition) is 3. The number of rotatable bonds is 4. The number of benzene rings is 2. The van der Waals surface area contributed by atoms with Crippen molar-refractivity contribution in [3.63, 3.8) is 0 Å². The van der Waals surface area contributed by atoms with Crippen LogP contribution in [0.5, 0.6) is 0 Å². The predicted molar refractivity (Wildman–Crippen MR) is 75.4 cm³/mol. The summed E-state index contributed by atoms with van der Waals surface area (Å²) < 4.78 is 37.5. The van der Waals surface area contributed by atoms with Crippen LogP contribution in [0.1, 0.15) is 24.1 Å². The Kier molecular flexibility index (Phi) is 4.26. The van der Waals surface area contributed by atoms with Gasteiger partial charge in [-0.15, -0.1) is 0 Å². The van der Waals surface area contributed by atoms with Crippen LogP contribution >= 0.6 is 0 Å². The molecule has 0 aliphatic carbocycles. The smallest absolute Gasteiger partial charge is 0.355 e. The van der Waals surface area contributed by atoms with Crippen molar-refractivity contribution in [2.75, 3.05) is 5.32 Å². The summed E-state index contributed by atoms with van der Waals surface area (Å²) in [5.74, 6) is 0. The lowest BCUT2D eigenvalue weighted by atomic mass is 10.1. The average Bonchev–Trinajstić information content (AvgIpc) is 2.46. The molecule has 2 aromatic rings. The average molecular weight is 294 g/mol. The number of nitroso groups, excluding NO2 is 1. The van der Waals surface area contributed by atoms with Gasteiger partial charge < -0.3 is 5.32 Å². The molecule has 21 heavy (non-hydrogen) atoms. The molecule has 2 rings (SSSR count). The quantitative estimate of drug-likeness (QED) is 0.780. The summed E-state index contributed by atoms with van der Waals surface area (Å²) in [6.07, 6.45) is -4.35. The highest BCUT2D eigenvalue weighted by Crippen LogP contribution is 2.31. The first kappa shape index (κ1) is 15.0. The van der Waals surface area contributed by atoms with Gasteiger partial charge in [0.2, 0.25) is 0 Å². The molecule has 6 heteroatoms. The minimum Gasteiger partial charge on any atom is -0.355 e. The maximum Gasteiger partial charge on any atom is 0.416 e. The molecular weight excluding hydrogens is 281 g/mol. The lowest BCUT2D eigenvalue weighted by Gasteiger charge is -2.14. The Hall–Kier alpha value is -2.37. The third-order valence-corrected chi connectivity index (χ3v) is 3.06. The van der Waals surface area contributed by atoms with E-state index in [0.717, 1.165) is 12.1 Å². The lowest BCUT2D eigenvalue weighted by molar-refractivity contribution is -0.137. The van der Waals surface area contributed by atoms with Crippen LogP contribution < -0.4 is 5.32 Å². The van der Waals surface area contributed by atoms with Crippen molar-refractivity contribution in [2.24, 2.45) is 5.18 Å². The zero-order valence-electron chi connectivity index (χ0n) is 11.2. The molecule has 0 heterocycles. The Morgan fingerprint density at radius 2 is 1.67 bits per heavy atom. The number of nitrogens with zero attached hydrogens (tertiary/aromatic N) is 1. The first-order chi connectivity index (χ1) is 9.91. The molecule has 0 aliphatic rings. The Morgan fingerprint density at radius 3 is 2.24 bits per heavy atom. The van der Waals surface area contributed by atoms with Gasteiger partial charge in [0.15, 0.2) is 0 Å². The number of para-hydroxylation sites is 1. The third-order valence-electron chi connectivity index (χ3n) is 3.06. The van der Waals surface area contributed by atoms with E-state index in [0.29, 0.717) is 16.9 Å². The molecule has 3 nitrogen and oxygen atoms in total. The fourth-order valence-corrected chi connectivity index (χ4v) is 1.93. The van der Waals surface area contributed by atoms with Crippen molar-refractivity contribution >= 4 is 11.4 Å². The van der Waals surface area contributed by atoms with E-state index in [-0.39, 0.29) is 0 Å². The van der Waals surface area contributed by atoms with Crippen LogP contribution in [0.15, 0.2) is 53.7 Å². The topological polar surface area (TPSA) is 41.5 Å². The molecule has 2 aromatic carbocycles. The van der Waals surface area contributed by atoms with Gasteiger partial charge in [-0.2, -0.15) is 18.1 Å². The molecule has 0 saturated carbocycles. The van der Waals surface area contributed by atoms with Gasteiger partial charge in [0.05, 0.1) is 5.56 Å². The minimum atomic E-state index is -4.35. The van der Waals surface area contributed by atoms with Crippen molar-refractivity contribution < 1.29 is 13.2 Å². The second-order valence-corrected chi connectivity index (χ2v) is 4.57. The summed E-state index contributed by atoms with van der Waals surface area (Å²) in [5.41, 5.74) is 1.13. The van der Waals surface area contributed by atoms with Gasteiger partial charge in [0, 0.05) is 16.9 Å². The summed E-state index contributed by atoms with van der Waals surface area (Å²) in [7, 11) is 0. The Bertz CT molecular complexity index is 624. The molecule has 0 bridgehead atoms. The molecule has 1 atom stereocenters. The Balaban J connectivity index is 2.25. The molecule has 0 fully saturated rings. The maximum absolute atomic E-state index is 12.5. The zero-order valence-corrected chi connectivity index (χ0v) is 11.2. The number of halogens is 3. The van der Waals surface area contributed by atoms with Crippen LogP contribution in [0.3, 0.4) is 0 Å². The normalized spacial score (nSPS) is 12.8. The van der Waals surface area contributed by atoms with Crippen molar-refractivity contribution in [3.8, 4) is 0 Å². The second kappa shape index (κ2) is 5.95. The van der Waals surface area contributed by atoms with Crippen LogP contribution in [0.2, 0.25) is 0 Å². The molecular formula is C15H13F3N2O. The van der Waals surface area contributed by atoms with Gasteiger partial charge in [-0.1, -0.05) is 23.4 Å². The van der Waals surface area contributed by atoms with Gasteiger partial charge in [-0.25, -0.2) is 0 Å².